The first-order valence-corrected chi connectivity index (χ1v) is 7.95. The number of aromatic nitrogens is 2. The molecule has 24 heavy (non-hydrogen) atoms. The zero-order valence-electron chi connectivity index (χ0n) is 13.5. The SMILES string of the molecule is CN=c1nc(-c2ccc(OC)c(OC)c2)n(-c2ccc(F)cc2)s1. The average Bonchev–Trinajstić information content (AvgIpc) is 3.06. The van der Waals surface area contributed by atoms with Crippen LogP contribution in [0.1, 0.15) is 0 Å². The highest BCUT2D eigenvalue weighted by atomic mass is 32.1. The van der Waals surface area contributed by atoms with Crippen LogP contribution in [0.15, 0.2) is 47.5 Å². The van der Waals surface area contributed by atoms with Gasteiger partial charge in [-0.15, -0.1) is 0 Å². The van der Waals surface area contributed by atoms with E-state index in [0.29, 0.717) is 22.1 Å². The van der Waals surface area contributed by atoms with E-state index in [-0.39, 0.29) is 5.82 Å². The lowest BCUT2D eigenvalue weighted by Gasteiger charge is -2.10. The standard InChI is InChI=1S/C17H16FN3O2S/c1-19-17-20-16(11-4-9-14(22-2)15(10-11)23-3)21(24-17)13-7-5-12(18)6-8-13/h4-10H,1-3H3. The number of nitrogens with zero attached hydrogens (tertiary/aromatic N) is 3. The van der Waals surface area contributed by atoms with Crippen molar-refractivity contribution in [3.63, 3.8) is 0 Å². The summed E-state index contributed by atoms with van der Waals surface area (Å²) in [5.74, 6) is 1.68. The van der Waals surface area contributed by atoms with E-state index in [1.54, 1.807) is 33.4 Å². The maximum Gasteiger partial charge on any atom is 0.222 e. The van der Waals surface area contributed by atoms with Gasteiger partial charge in [-0.1, -0.05) is 0 Å². The number of rotatable bonds is 4. The molecule has 3 rings (SSSR count). The fourth-order valence-electron chi connectivity index (χ4n) is 2.28. The van der Waals surface area contributed by atoms with Gasteiger partial charge in [0.1, 0.15) is 5.82 Å². The molecule has 0 aliphatic rings. The molecule has 0 saturated carbocycles. The molecular formula is C17H16FN3O2S. The van der Waals surface area contributed by atoms with Gasteiger partial charge in [0.05, 0.1) is 19.9 Å². The Labute approximate surface area is 142 Å². The highest BCUT2D eigenvalue weighted by Gasteiger charge is 2.14. The largest absolute Gasteiger partial charge is 0.493 e. The molecule has 0 spiro atoms. The van der Waals surface area contributed by atoms with E-state index in [0.717, 1.165) is 11.3 Å². The van der Waals surface area contributed by atoms with Crippen LogP contribution in [-0.4, -0.2) is 30.2 Å². The van der Waals surface area contributed by atoms with E-state index < -0.39 is 0 Å². The lowest BCUT2D eigenvalue weighted by Crippen LogP contribution is -1.98. The van der Waals surface area contributed by atoms with Crippen molar-refractivity contribution < 1.29 is 13.9 Å². The second-order valence-electron chi connectivity index (χ2n) is 4.87. The minimum Gasteiger partial charge on any atom is -0.493 e. The van der Waals surface area contributed by atoms with Crippen LogP contribution in [0.4, 0.5) is 4.39 Å². The van der Waals surface area contributed by atoms with Crippen LogP contribution in [0.2, 0.25) is 0 Å². The fourth-order valence-corrected chi connectivity index (χ4v) is 3.11. The Morgan fingerprint density at radius 3 is 2.38 bits per heavy atom. The first kappa shape index (κ1) is 16.2. The molecule has 0 aliphatic heterocycles. The molecule has 0 saturated heterocycles. The molecule has 7 heteroatoms. The van der Waals surface area contributed by atoms with Crippen molar-refractivity contribution in [3.05, 3.63) is 53.1 Å². The average molecular weight is 345 g/mol. The summed E-state index contributed by atoms with van der Waals surface area (Å²) in [4.78, 5) is 9.34. The summed E-state index contributed by atoms with van der Waals surface area (Å²) in [6.07, 6.45) is 0. The molecule has 0 aliphatic carbocycles. The Morgan fingerprint density at radius 1 is 1.04 bits per heavy atom. The predicted molar refractivity (Wildman–Crippen MR) is 91.4 cm³/mol. The molecule has 0 N–H and O–H groups in total. The van der Waals surface area contributed by atoms with E-state index in [2.05, 4.69) is 9.98 Å². The zero-order valence-corrected chi connectivity index (χ0v) is 14.3. The summed E-state index contributed by atoms with van der Waals surface area (Å²) in [7, 11) is 4.86. The molecule has 1 heterocycles. The molecule has 124 valence electrons. The summed E-state index contributed by atoms with van der Waals surface area (Å²) < 4.78 is 25.7. The number of benzene rings is 2. The van der Waals surface area contributed by atoms with E-state index in [4.69, 9.17) is 9.47 Å². The molecule has 0 radical (unpaired) electrons. The maximum atomic E-state index is 13.2. The van der Waals surface area contributed by atoms with Gasteiger partial charge in [-0.05, 0) is 54.0 Å². The fraction of sp³-hybridized carbons (Fsp3) is 0.176. The molecule has 0 fully saturated rings. The van der Waals surface area contributed by atoms with Crippen molar-refractivity contribution in [2.24, 2.45) is 4.99 Å². The molecule has 0 bridgehead atoms. The molecule has 0 atom stereocenters. The highest BCUT2D eigenvalue weighted by Crippen LogP contribution is 2.32. The van der Waals surface area contributed by atoms with Crippen LogP contribution >= 0.6 is 11.5 Å². The molecule has 0 amide bonds. The van der Waals surface area contributed by atoms with Crippen LogP contribution in [0.25, 0.3) is 17.1 Å². The van der Waals surface area contributed by atoms with Crippen LogP contribution < -0.4 is 14.3 Å². The van der Waals surface area contributed by atoms with Crippen molar-refractivity contribution in [3.8, 4) is 28.6 Å². The molecule has 3 aromatic rings. The molecular weight excluding hydrogens is 329 g/mol. The Morgan fingerprint density at radius 2 is 1.75 bits per heavy atom. The number of ether oxygens (including phenoxy) is 2. The summed E-state index contributed by atoms with van der Waals surface area (Å²) in [6, 6.07) is 11.8. The monoisotopic (exact) mass is 345 g/mol. The molecule has 1 aromatic heterocycles. The van der Waals surface area contributed by atoms with E-state index in [1.165, 1.54) is 23.7 Å². The van der Waals surface area contributed by atoms with Crippen LogP contribution in [0, 0.1) is 5.82 Å². The van der Waals surface area contributed by atoms with Gasteiger partial charge >= 0.3 is 0 Å². The van der Waals surface area contributed by atoms with Gasteiger partial charge in [-0.25, -0.2) is 8.35 Å². The van der Waals surface area contributed by atoms with Gasteiger partial charge in [-0.2, -0.15) is 4.98 Å². The molecule has 5 nitrogen and oxygen atoms in total. The first-order valence-electron chi connectivity index (χ1n) is 7.18. The lowest BCUT2D eigenvalue weighted by atomic mass is 10.2. The minimum atomic E-state index is -0.281. The number of hydrogen-bond donors (Lipinski definition) is 0. The number of methoxy groups -OCH3 is 2. The quantitative estimate of drug-likeness (QED) is 0.729. The van der Waals surface area contributed by atoms with Crippen molar-refractivity contribution in [1.29, 1.82) is 0 Å². The van der Waals surface area contributed by atoms with Crippen LogP contribution in [-0.2, 0) is 0 Å². The summed E-state index contributed by atoms with van der Waals surface area (Å²) in [6.45, 7) is 0. The zero-order chi connectivity index (χ0) is 17.1. The normalized spacial score (nSPS) is 11.6. The Balaban J connectivity index is 2.17. The predicted octanol–water partition coefficient (Wildman–Crippen LogP) is 3.29. The van der Waals surface area contributed by atoms with E-state index >= 15 is 0 Å². The Hall–Kier alpha value is -2.67. The first-order chi connectivity index (χ1) is 11.7. The smallest absolute Gasteiger partial charge is 0.222 e. The second kappa shape index (κ2) is 6.84. The van der Waals surface area contributed by atoms with Crippen LogP contribution in [0.5, 0.6) is 11.5 Å². The van der Waals surface area contributed by atoms with Crippen molar-refractivity contribution in [2.75, 3.05) is 21.3 Å². The maximum absolute atomic E-state index is 13.2. The molecule has 2 aromatic carbocycles. The van der Waals surface area contributed by atoms with E-state index in [9.17, 15) is 4.39 Å². The van der Waals surface area contributed by atoms with Crippen molar-refractivity contribution >= 4 is 11.5 Å². The summed E-state index contributed by atoms with van der Waals surface area (Å²) >= 11 is 1.38. The number of hydrogen-bond acceptors (Lipinski definition) is 5. The van der Waals surface area contributed by atoms with Gasteiger partial charge in [0, 0.05) is 12.6 Å². The van der Waals surface area contributed by atoms with E-state index in [1.807, 2.05) is 22.2 Å². The van der Waals surface area contributed by atoms with Crippen molar-refractivity contribution in [2.45, 2.75) is 0 Å². The lowest BCUT2D eigenvalue weighted by molar-refractivity contribution is 0.355. The third kappa shape index (κ3) is 3.03. The third-order valence-electron chi connectivity index (χ3n) is 3.46. The van der Waals surface area contributed by atoms with Gasteiger partial charge < -0.3 is 9.47 Å². The number of halogens is 1. The van der Waals surface area contributed by atoms with Gasteiger partial charge in [-0.3, -0.25) is 4.99 Å². The minimum absolute atomic E-state index is 0.281. The Kier molecular flexibility index (Phi) is 4.61. The summed E-state index contributed by atoms with van der Waals surface area (Å²) in [5, 5.41) is 0. The molecule has 0 unspecified atom stereocenters. The van der Waals surface area contributed by atoms with Crippen LogP contribution in [0.3, 0.4) is 0 Å². The van der Waals surface area contributed by atoms with Crippen molar-refractivity contribution in [1.82, 2.24) is 8.94 Å². The Bertz CT molecular complexity index is 916. The van der Waals surface area contributed by atoms with Gasteiger partial charge in [0.25, 0.3) is 0 Å². The summed E-state index contributed by atoms with van der Waals surface area (Å²) in [5.41, 5.74) is 1.66. The van der Waals surface area contributed by atoms with Gasteiger partial charge in [0.15, 0.2) is 17.3 Å². The second-order valence-corrected chi connectivity index (χ2v) is 5.79. The highest BCUT2D eigenvalue weighted by molar-refractivity contribution is 7.04. The third-order valence-corrected chi connectivity index (χ3v) is 4.46. The topological polar surface area (TPSA) is 48.6 Å². The van der Waals surface area contributed by atoms with Gasteiger partial charge in [0.2, 0.25) is 4.80 Å².